The number of rotatable bonds is 6. The zero-order valence-electron chi connectivity index (χ0n) is 15.8. The van der Waals surface area contributed by atoms with E-state index in [1.54, 1.807) is 37.3 Å². The number of nitrogens with zero attached hydrogens (tertiary/aromatic N) is 1. The molecule has 3 heterocycles. The Labute approximate surface area is 174 Å². The van der Waals surface area contributed by atoms with E-state index in [4.69, 9.17) is 13.6 Å². The number of methoxy groups -OCH3 is 1. The summed E-state index contributed by atoms with van der Waals surface area (Å²) in [6.07, 6.45) is 0. The molecule has 0 bridgehead atoms. The molecular formula is C21H18BrNO6. The molecule has 29 heavy (non-hydrogen) atoms. The van der Waals surface area contributed by atoms with E-state index in [2.05, 4.69) is 15.9 Å². The van der Waals surface area contributed by atoms with Crippen molar-refractivity contribution < 1.29 is 28.3 Å². The van der Waals surface area contributed by atoms with Gasteiger partial charge in [-0.3, -0.25) is 9.59 Å². The Hall–Kier alpha value is -2.84. The fourth-order valence-electron chi connectivity index (χ4n) is 3.46. The van der Waals surface area contributed by atoms with Gasteiger partial charge in [0.2, 0.25) is 5.78 Å². The molecule has 2 aromatic heterocycles. The maximum Gasteiger partial charge on any atom is 0.290 e. The van der Waals surface area contributed by atoms with Gasteiger partial charge in [0.1, 0.15) is 23.1 Å². The van der Waals surface area contributed by atoms with Gasteiger partial charge >= 0.3 is 0 Å². The summed E-state index contributed by atoms with van der Waals surface area (Å²) in [6.45, 7) is 2.20. The van der Waals surface area contributed by atoms with Crippen molar-refractivity contribution in [2.45, 2.75) is 13.0 Å². The topological polar surface area (TPSA) is 93.1 Å². The third-order valence-corrected chi connectivity index (χ3v) is 5.31. The Morgan fingerprint density at radius 1 is 1.24 bits per heavy atom. The van der Waals surface area contributed by atoms with Crippen molar-refractivity contribution >= 4 is 38.6 Å². The first-order chi connectivity index (χ1) is 13.9. The van der Waals surface area contributed by atoms with Gasteiger partial charge < -0.3 is 23.6 Å². The number of hydrogen-bond donors (Lipinski definition) is 1. The fraction of sp³-hybridized carbons (Fsp3) is 0.238. The number of furan rings is 2. The number of Topliss-reactive ketones (excluding diaryl/α,β-unsaturated/α-hetero) is 1. The Morgan fingerprint density at radius 3 is 2.72 bits per heavy atom. The van der Waals surface area contributed by atoms with Crippen LogP contribution in [0.1, 0.15) is 28.1 Å². The van der Waals surface area contributed by atoms with E-state index in [1.165, 1.54) is 12.0 Å². The molecule has 4 rings (SSSR count). The van der Waals surface area contributed by atoms with Crippen LogP contribution in [0.3, 0.4) is 0 Å². The van der Waals surface area contributed by atoms with Crippen LogP contribution in [-0.4, -0.2) is 42.0 Å². The first kappa shape index (κ1) is 19.5. The third kappa shape index (κ3) is 3.38. The minimum Gasteiger partial charge on any atom is -0.503 e. The predicted octanol–water partition coefficient (Wildman–Crippen LogP) is 4.32. The molecule has 0 fully saturated rings. The van der Waals surface area contributed by atoms with Crippen molar-refractivity contribution in [3.8, 4) is 0 Å². The Morgan fingerprint density at radius 2 is 2.03 bits per heavy atom. The van der Waals surface area contributed by atoms with E-state index < -0.39 is 23.5 Å². The van der Waals surface area contributed by atoms with Gasteiger partial charge in [0.25, 0.3) is 5.91 Å². The number of amides is 1. The van der Waals surface area contributed by atoms with Crippen molar-refractivity contribution in [1.29, 1.82) is 0 Å². The van der Waals surface area contributed by atoms with Gasteiger partial charge in [-0.1, -0.05) is 15.9 Å². The molecule has 1 aliphatic heterocycles. The monoisotopic (exact) mass is 459 g/mol. The molecule has 0 saturated carbocycles. The second-order valence-electron chi connectivity index (χ2n) is 6.73. The van der Waals surface area contributed by atoms with Crippen molar-refractivity contribution in [2.24, 2.45) is 0 Å². The molecule has 7 nitrogen and oxygen atoms in total. The fourth-order valence-corrected chi connectivity index (χ4v) is 3.84. The number of aliphatic hydroxyl groups is 1. The first-order valence-electron chi connectivity index (χ1n) is 8.94. The van der Waals surface area contributed by atoms with Crippen LogP contribution in [0, 0.1) is 6.92 Å². The molecule has 0 spiro atoms. The van der Waals surface area contributed by atoms with Crippen LogP contribution in [0.2, 0.25) is 0 Å². The van der Waals surface area contributed by atoms with Gasteiger partial charge in [0, 0.05) is 23.5 Å². The molecular weight excluding hydrogens is 442 g/mol. The third-order valence-electron chi connectivity index (χ3n) is 4.82. The number of ketones is 1. The van der Waals surface area contributed by atoms with E-state index in [0.29, 0.717) is 17.1 Å². The van der Waals surface area contributed by atoms with Crippen LogP contribution in [0.15, 0.2) is 61.0 Å². The quantitative estimate of drug-likeness (QED) is 0.551. The molecule has 150 valence electrons. The summed E-state index contributed by atoms with van der Waals surface area (Å²) in [6, 6.07) is 9.52. The molecule has 1 aliphatic rings. The van der Waals surface area contributed by atoms with E-state index in [9.17, 15) is 14.7 Å². The number of aliphatic hydroxyl groups excluding tert-OH is 1. The zero-order chi connectivity index (χ0) is 20.7. The molecule has 0 radical (unpaired) electrons. The maximum absolute atomic E-state index is 13.3. The molecule has 1 atom stereocenters. The molecule has 1 aromatic carbocycles. The lowest BCUT2D eigenvalue weighted by Gasteiger charge is -2.24. The second kappa shape index (κ2) is 7.53. The summed E-state index contributed by atoms with van der Waals surface area (Å²) < 4.78 is 17.3. The highest BCUT2D eigenvalue weighted by Gasteiger charge is 2.45. The lowest BCUT2D eigenvalue weighted by Crippen LogP contribution is -2.33. The minimum atomic E-state index is -0.862. The van der Waals surface area contributed by atoms with E-state index in [-0.39, 0.29) is 24.5 Å². The molecule has 1 N–H and O–H groups in total. The summed E-state index contributed by atoms with van der Waals surface area (Å²) in [5.41, 5.74) is 0.459. The van der Waals surface area contributed by atoms with Gasteiger partial charge in [-0.2, -0.15) is 0 Å². The van der Waals surface area contributed by atoms with Crippen molar-refractivity contribution in [1.82, 2.24) is 4.90 Å². The van der Waals surface area contributed by atoms with Crippen LogP contribution >= 0.6 is 15.9 Å². The number of halogens is 1. The van der Waals surface area contributed by atoms with Crippen molar-refractivity contribution in [2.75, 3.05) is 20.3 Å². The summed E-state index contributed by atoms with van der Waals surface area (Å²) in [5.74, 6) is -0.768. The smallest absolute Gasteiger partial charge is 0.290 e. The Bertz CT molecular complexity index is 1140. The van der Waals surface area contributed by atoms with E-state index in [1.807, 2.05) is 6.07 Å². The summed E-state index contributed by atoms with van der Waals surface area (Å²) in [4.78, 5) is 27.4. The van der Waals surface area contributed by atoms with Gasteiger partial charge in [0.15, 0.2) is 11.5 Å². The van der Waals surface area contributed by atoms with Crippen molar-refractivity contribution in [3.63, 3.8) is 0 Å². The van der Waals surface area contributed by atoms with Crippen LogP contribution in [-0.2, 0) is 9.53 Å². The second-order valence-corrected chi connectivity index (χ2v) is 7.64. The Kier molecular flexibility index (Phi) is 5.06. The summed E-state index contributed by atoms with van der Waals surface area (Å²) in [5, 5.41) is 11.3. The molecule has 1 unspecified atom stereocenters. The number of carbonyl (C=O) groups excluding carboxylic acids is 2. The van der Waals surface area contributed by atoms with Gasteiger partial charge in [-0.05, 0) is 43.3 Å². The lowest BCUT2D eigenvalue weighted by molar-refractivity contribution is -0.130. The Balaban J connectivity index is 1.79. The van der Waals surface area contributed by atoms with Crippen molar-refractivity contribution in [3.05, 3.63) is 69.5 Å². The molecule has 0 saturated heterocycles. The SMILES string of the molecule is COCCN1C(=O)C(O)=C(C(=O)c2cc3cc(Br)ccc3o2)C1c1ccc(C)o1. The lowest BCUT2D eigenvalue weighted by atomic mass is 9.99. The molecule has 1 amide bonds. The molecule has 8 heteroatoms. The molecule has 0 aliphatic carbocycles. The summed E-state index contributed by atoms with van der Waals surface area (Å²) in [7, 11) is 1.51. The maximum atomic E-state index is 13.3. The van der Waals surface area contributed by atoms with Crippen LogP contribution in [0.5, 0.6) is 0 Å². The zero-order valence-corrected chi connectivity index (χ0v) is 17.4. The van der Waals surface area contributed by atoms with E-state index >= 15 is 0 Å². The number of fused-ring (bicyclic) bond motifs is 1. The molecule has 3 aromatic rings. The van der Waals surface area contributed by atoms with Crippen LogP contribution in [0.4, 0.5) is 0 Å². The highest BCUT2D eigenvalue weighted by Crippen LogP contribution is 2.40. The highest BCUT2D eigenvalue weighted by atomic mass is 79.9. The van der Waals surface area contributed by atoms with Gasteiger partial charge in [0.05, 0.1) is 12.2 Å². The number of aryl methyl sites for hydroxylation is 1. The largest absolute Gasteiger partial charge is 0.503 e. The minimum absolute atomic E-state index is 0.0364. The first-order valence-corrected chi connectivity index (χ1v) is 9.73. The van der Waals surface area contributed by atoms with E-state index in [0.717, 1.165) is 9.86 Å². The normalized spacial score (nSPS) is 17.0. The summed E-state index contributed by atoms with van der Waals surface area (Å²) >= 11 is 3.39. The van der Waals surface area contributed by atoms with Gasteiger partial charge in [-0.15, -0.1) is 0 Å². The van der Waals surface area contributed by atoms with Crippen LogP contribution in [0.25, 0.3) is 11.0 Å². The van der Waals surface area contributed by atoms with Crippen LogP contribution < -0.4 is 0 Å². The number of hydrogen-bond acceptors (Lipinski definition) is 6. The van der Waals surface area contributed by atoms with Gasteiger partial charge in [-0.25, -0.2) is 0 Å². The standard InChI is InChI=1S/C21H18BrNO6/c1-11-3-5-15(28-11)18-17(20(25)21(26)23(18)7-8-27-2)19(24)16-10-12-9-13(22)4-6-14(12)29-16/h3-6,9-10,18,25H,7-8H2,1-2H3. The average Bonchev–Trinajstić information content (AvgIpc) is 3.37. The number of benzene rings is 1. The average molecular weight is 460 g/mol. The highest BCUT2D eigenvalue weighted by molar-refractivity contribution is 9.10. The number of ether oxygens (including phenoxy) is 1. The predicted molar refractivity (Wildman–Crippen MR) is 108 cm³/mol. The number of carbonyl (C=O) groups is 2.